The van der Waals surface area contributed by atoms with E-state index >= 15 is 0 Å². The Morgan fingerprint density at radius 2 is 1.90 bits per heavy atom. The Hall–Kier alpha value is -1.90. The molecular formula is C17H22N2O. The van der Waals surface area contributed by atoms with Gasteiger partial charge in [0.15, 0.2) is 0 Å². The van der Waals surface area contributed by atoms with Crippen LogP contribution in [0.15, 0.2) is 36.7 Å². The summed E-state index contributed by atoms with van der Waals surface area (Å²) in [6.07, 6.45) is 3.68. The number of hydrogen-bond donors (Lipinski definition) is 0. The lowest BCUT2D eigenvalue weighted by atomic mass is 9.82. The maximum atomic E-state index is 5.45. The minimum absolute atomic E-state index is 0.197. The molecule has 0 radical (unpaired) electrons. The molecule has 0 fully saturated rings. The molecule has 0 aliphatic carbocycles. The predicted octanol–water partition coefficient (Wildman–Crippen LogP) is 3.93. The molecule has 2 rings (SSSR count). The van der Waals surface area contributed by atoms with Crippen LogP contribution in [0.5, 0.6) is 5.88 Å². The molecule has 2 aromatic heterocycles. The zero-order valence-electron chi connectivity index (χ0n) is 12.8. The van der Waals surface area contributed by atoms with Crippen LogP contribution in [0.2, 0.25) is 0 Å². The van der Waals surface area contributed by atoms with Gasteiger partial charge in [-0.1, -0.05) is 39.8 Å². The van der Waals surface area contributed by atoms with Crippen molar-refractivity contribution in [1.82, 2.24) is 9.97 Å². The lowest BCUT2D eigenvalue weighted by Gasteiger charge is -2.25. The van der Waals surface area contributed by atoms with E-state index in [0.717, 1.165) is 22.7 Å². The number of methoxy groups -OCH3 is 1. The van der Waals surface area contributed by atoms with Crippen LogP contribution in [0, 0.1) is 0 Å². The number of rotatable bonds is 4. The van der Waals surface area contributed by atoms with Gasteiger partial charge in [-0.05, 0) is 23.6 Å². The summed E-state index contributed by atoms with van der Waals surface area (Å²) < 4.78 is 5.45. The average Bonchev–Trinajstić information content (AvgIpc) is 2.47. The van der Waals surface area contributed by atoms with Gasteiger partial charge >= 0.3 is 0 Å². The number of ether oxygens (including phenoxy) is 1. The molecule has 20 heavy (non-hydrogen) atoms. The Morgan fingerprint density at radius 1 is 1.15 bits per heavy atom. The first-order valence-electron chi connectivity index (χ1n) is 6.92. The maximum Gasteiger partial charge on any atom is 0.216 e. The molecule has 0 aliphatic rings. The highest BCUT2D eigenvalue weighted by atomic mass is 16.5. The molecule has 0 saturated carbocycles. The van der Waals surface area contributed by atoms with Crippen LogP contribution < -0.4 is 4.74 Å². The first-order valence-corrected chi connectivity index (χ1v) is 6.92. The van der Waals surface area contributed by atoms with E-state index < -0.39 is 0 Å². The molecule has 0 amide bonds. The average molecular weight is 270 g/mol. The number of pyridine rings is 2. The van der Waals surface area contributed by atoms with Gasteiger partial charge < -0.3 is 4.74 Å². The van der Waals surface area contributed by atoms with Gasteiger partial charge in [0.25, 0.3) is 0 Å². The van der Waals surface area contributed by atoms with E-state index in [1.807, 2.05) is 12.3 Å². The third kappa shape index (κ3) is 2.67. The SMILES string of the molecule is COc1nc(C(C)(C)c2cccnc2)ccc1C(C)C. The van der Waals surface area contributed by atoms with E-state index in [2.05, 4.69) is 50.9 Å². The van der Waals surface area contributed by atoms with Crippen molar-refractivity contribution in [2.45, 2.75) is 39.0 Å². The molecule has 0 spiro atoms. The predicted molar refractivity (Wildman–Crippen MR) is 81.2 cm³/mol. The summed E-state index contributed by atoms with van der Waals surface area (Å²) in [5.41, 5.74) is 3.08. The van der Waals surface area contributed by atoms with Crippen LogP contribution >= 0.6 is 0 Å². The Balaban J connectivity index is 2.48. The summed E-state index contributed by atoms with van der Waals surface area (Å²) in [6.45, 7) is 8.60. The lowest BCUT2D eigenvalue weighted by molar-refractivity contribution is 0.385. The highest BCUT2D eigenvalue weighted by molar-refractivity contribution is 5.37. The van der Waals surface area contributed by atoms with Crippen molar-refractivity contribution in [3.05, 3.63) is 53.5 Å². The number of nitrogens with zero attached hydrogens (tertiary/aromatic N) is 2. The summed E-state index contributed by atoms with van der Waals surface area (Å²) in [5.74, 6) is 1.11. The van der Waals surface area contributed by atoms with E-state index in [9.17, 15) is 0 Å². The molecule has 0 aliphatic heterocycles. The van der Waals surface area contributed by atoms with Gasteiger partial charge in [0.05, 0.1) is 12.8 Å². The molecule has 3 nitrogen and oxygen atoms in total. The molecule has 0 saturated heterocycles. The molecular weight excluding hydrogens is 248 g/mol. The maximum absolute atomic E-state index is 5.45. The van der Waals surface area contributed by atoms with Crippen LogP contribution in [0.25, 0.3) is 0 Å². The number of hydrogen-bond acceptors (Lipinski definition) is 3. The van der Waals surface area contributed by atoms with Crippen LogP contribution in [0.1, 0.15) is 50.4 Å². The first-order chi connectivity index (χ1) is 9.46. The van der Waals surface area contributed by atoms with E-state index in [1.165, 1.54) is 0 Å². The first kappa shape index (κ1) is 14.5. The minimum Gasteiger partial charge on any atom is -0.481 e. The highest BCUT2D eigenvalue weighted by Crippen LogP contribution is 2.33. The van der Waals surface area contributed by atoms with Crippen molar-refractivity contribution in [2.75, 3.05) is 7.11 Å². The van der Waals surface area contributed by atoms with Crippen LogP contribution in [0.4, 0.5) is 0 Å². The Morgan fingerprint density at radius 3 is 2.45 bits per heavy atom. The summed E-state index contributed by atoms with van der Waals surface area (Å²) in [7, 11) is 1.68. The molecule has 3 heteroatoms. The second-order valence-electron chi connectivity index (χ2n) is 5.82. The summed E-state index contributed by atoms with van der Waals surface area (Å²) >= 11 is 0. The zero-order chi connectivity index (χ0) is 14.8. The van der Waals surface area contributed by atoms with Crippen LogP contribution in [0.3, 0.4) is 0 Å². The van der Waals surface area contributed by atoms with Crippen molar-refractivity contribution in [1.29, 1.82) is 0 Å². The Labute approximate surface area is 121 Å². The van der Waals surface area contributed by atoms with E-state index in [1.54, 1.807) is 13.3 Å². The van der Waals surface area contributed by atoms with Gasteiger partial charge in [-0.3, -0.25) is 4.98 Å². The molecule has 0 atom stereocenters. The zero-order valence-corrected chi connectivity index (χ0v) is 12.8. The van der Waals surface area contributed by atoms with Gasteiger partial charge in [-0.15, -0.1) is 0 Å². The quantitative estimate of drug-likeness (QED) is 0.844. The number of aromatic nitrogens is 2. The standard InChI is InChI=1S/C17H22N2O/c1-12(2)14-8-9-15(19-16(14)20-5)17(3,4)13-7-6-10-18-11-13/h6-12H,1-5H3. The molecule has 2 heterocycles. The molecule has 0 N–H and O–H groups in total. The van der Waals surface area contributed by atoms with Gasteiger partial charge in [0.1, 0.15) is 0 Å². The van der Waals surface area contributed by atoms with Crippen molar-refractivity contribution < 1.29 is 4.74 Å². The van der Waals surface area contributed by atoms with Crippen molar-refractivity contribution in [2.24, 2.45) is 0 Å². The van der Waals surface area contributed by atoms with Gasteiger partial charge in [0, 0.05) is 23.4 Å². The second-order valence-corrected chi connectivity index (χ2v) is 5.82. The van der Waals surface area contributed by atoms with E-state index in [0.29, 0.717) is 5.92 Å². The molecule has 106 valence electrons. The van der Waals surface area contributed by atoms with Crippen molar-refractivity contribution in [3.63, 3.8) is 0 Å². The smallest absolute Gasteiger partial charge is 0.216 e. The fraction of sp³-hybridized carbons (Fsp3) is 0.412. The van der Waals surface area contributed by atoms with Crippen molar-refractivity contribution in [3.8, 4) is 5.88 Å². The van der Waals surface area contributed by atoms with E-state index in [-0.39, 0.29) is 5.41 Å². The van der Waals surface area contributed by atoms with Gasteiger partial charge in [0.2, 0.25) is 5.88 Å². The molecule has 0 bridgehead atoms. The van der Waals surface area contributed by atoms with Crippen LogP contribution in [-0.2, 0) is 5.41 Å². The summed E-state index contributed by atoms with van der Waals surface area (Å²) in [6, 6.07) is 8.24. The topological polar surface area (TPSA) is 35.0 Å². The minimum atomic E-state index is -0.197. The largest absolute Gasteiger partial charge is 0.481 e. The molecule has 0 aromatic carbocycles. The molecule has 2 aromatic rings. The van der Waals surface area contributed by atoms with Gasteiger partial charge in [-0.2, -0.15) is 0 Å². The third-order valence-electron chi connectivity index (χ3n) is 3.73. The summed E-state index contributed by atoms with van der Waals surface area (Å²) in [5, 5.41) is 0. The molecule has 0 unspecified atom stereocenters. The fourth-order valence-electron chi connectivity index (χ4n) is 2.28. The van der Waals surface area contributed by atoms with Crippen molar-refractivity contribution >= 4 is 0 Å². The van der Waals surface area contributed by atoms with Gasteiger partial charge in [-0.25, -0.2) is 4.98 Å². The van der Waals surface area contributed by atoms with E-state index in [4.69, 9.17) is 9.72 Å². The Kier molecular flexibility index (Phi) is 4.07. The monoisotopic (exact) mass is 270 g/mol. The third-order valence-corrected chi connectivity index (χ3v) is 3.73. The highest BCUT2D eigenvalue weighted by Gasteiger charge is 2.26. The van der Waals surface area contributed by atoms with Crippen LogP contribution in [-0.4, -0.2) is 17.1 Å². The second kappa shape index (κ2) is 5.61. The normalized spacial score (nSPS) is 11.7. The Bertz CT molecular complexity index is 577. The fourth-order valence-corrected chi connectivity index (χ4v) is 2.28. The lowest BCUT2D eigenvalue weighted by Crippen LogP contribution is -2.21. The summed E-state index contributed by atoms with van der Waals surface area (Å²) in [4.78, 5) is 8.92.